The minimum absolute atomic E-state index is 0.111. The second-order valence-corrected chi connectivity index (χ2v) is 9.24. The number of esters is 3. The third kappa shape index (κ3) is 5.28. The van der Waals surface area contributed by atoms with Crippen molar-refractivity contribution in [3.05, 3.63) is 84.5 Å². The first-order valence-corrected chi connectivity index (χ1v) is 12.2. The second-order valence-electron chi connectivity index (χ2n) is 8.23. The van der Waals surface area contributed by atoms with E-state index in [1.165, 1.54) is 37.7 Å². The summed E-state index contributed by atoms with van der Waals surface area (Å²) in [6.45, 7) is 4.18. The van der Waals surface area contributed by atoms with Crippen molar-refractivity contribution in [3.8, 4) is 17.2 Å². The molecular formula is C27H24N2O8S. The van der Waals surface area contributed by atoms with Crippen LogP contribution in [0.5, 0.6) is 17.2 Å². The number of rotatable bonds is 6. The third-order valence-corrected chi connectivity index (χ3v) is 6.63. The van der Waals surface area contributed by atoms with Gasteiger partial charge in [0.05, 0.1) is 36.1 Å². The van der Waals surface area contributed by atoms with E-state index in [4.69, 9.17) is 18.9 Å². The summed E-state index contributed by atoms with van der Waals surface area (Å²) in [5.74, 6) is -0.796. The monoisotopic (exact) mass is 536 g/mol. The Morgan fingerprint density at radius 3 is 2.24 bits per heavy atom. The topological polar surface area (TPSA) is 122 Å². The summed E-state index contributed by atoms with van der Waals surface area (Å²) in [6, 6.07) is 10.7. The second kappa shape index (κ2) is 10.9. The molecule has 0 bridgehead atoms. The summed E-state index contributed by atoms with van der Waals surface area (Å²) in [7, 11) is 2.82. The zero-order chi connectivity index (χ0) is 27.6. The minimum atomic E-state index is -0.786. The molecule has 1 unspecified atom stereocenters. The fourth-order valence-electron chi connectivity index (χ4n) is 4.04. The SMILES string of the molecule is COC(=O)C1=C(C)N=c2s/c(=C/c3ccc(OC(C)=O)cc3OC(C)=O)c(=O)n2C1c1ccc(OC)cc1. The average molecular weight is 537 g/mol. The number of fused-ring (bicyclic) bond motifs is 1. The average Bonchev–Trinajstić information content (AvgIpc) is 3.18. The van der Waals surface area contributed by atoms with Gasteiger partial charge in [-0.15, -0.1) is 0 Å². The number of ether oxygens (including phenoxy) is 4. The molecule has 0 radical (unpaired) electrons. The van der Waals surface area contributed by atoms with Gasteiger partial charge in [-0.05, 0) is 42.8 Å². The zero-order valence-electron chi connectivity index (χ0n) is 21.3. The van der Waals surface area contributed by atoms with Crippen LogP contribution >= 0.6 is 11.3 Å². The highest BCUT2D eigenvalue weighted by Crippen LogP contribution is 2.31. The lowest BCUT2D eigenvalue weighted by Crippen LogP contribution is -2.39. The van der Waals surface area contributed by atoms with Crippen molar-refractivity contribution < 1.29 is 33.3 Å². The van der Waals surface area contributed by atoms with Crippen LogP contribution in [0.4, 0.5) is 0 Å². The van der Waals surface area contributed by atoms with Gasteiger partial charge in [0, 0.05) is 25.5 Å². The van der Waals surface area contributed by atoms with E-state index in [1.54, 1.807) is 50.4 Å². The highest BCUT2D eigenvalue weighted by Gasteiger charge is 2.33. The molecule has 0 saturated heterocycles. The van der Waals surface area contributed by atoms with Crippen LogP contribution in [0.15, 0.2) is 63.5 Å². The molecule has 11 heteroatoms. The number of carbonyl (C=O) groups excluding carboxylic acids is 3. The van der Waals surface area contributed by atoms with Gasteiger partial charge in [-0.25, -0.2) is 9.79 Å². The van der Waals surface area contributed by atoms with Gasteiger partial charge in [0.15, 0.2) is 4.80 Å². The number of aromatic nitrogens is 1. The molecule has 0 fully saturated rings. The lowest BCUT2D eigenvalue weighted by atomic mass is 9.96. The van der Waals surface area contributed by atoms with Crippen molar-refractivity contribution in [2.75, 3.05) is 14.2 Å². The Labute approximate surface area is 221 Å². The molecule has 10 nitrogen and oxygen atoms in total. The first-order valence-electron chi connectivity index (χ1n) is 11.4. The molecule has 38 heavy (non-hydrogen) atoms. The lowest BCUT2D eigenvalue weighted by molar-refractivity contribution is -0.137. The Kier molecular flexibility index (Phi) is 7.58. The van der Waals surface area contributed by atoms with E-state index >= 15 is 0 Å². The molecular weight excluding hydrogens is 512 g/mol. The van der Waals surface area contributed by atoms with Gasteiger partial charge in [-0.1, -0.05) is 23.5 Å². The molecule has 1 aliphatic rings. The van der Waals surface area contributed by atoms with Crippen molar-refractivity contribution in [1.82, 2.24) is 4.57 Å². The van der Waals surface area contributed by atoms with Crippen LogP contribution in [0, 0.1) is 0 Å². The highest BCUT2D eigenvalue weighted by molar-refractivity contribution is 7.07. The molecule has 2 heterocycles. The predicted molar refractivity (Wildman–Crippen MR) is 138 cm³/mol. The van der Waals surface area contributed by atoms with Gasteiger partial charge >= 0.3 is 17.9 Å². The van der Waals surface area contributed by atoms with E-state index in [2.05, 4.69) is 4.99 Å². The van der Waals surface area contributed by atoms with Gasteiger partial charge in [-0.2, -0.15) is 0 Å². The number of benzene rings is 2. The molecule has 4 rings (SSSR count). The van der Waals surface area contributed by atoms with E-state index in [9.17, 15) is 19.2 Å². The Bertz CT molecular complexity index is 1650. The van der Waals surface area contributed by atoms with Crippen molar-refractivity contribution in [2.45, 2.75) is 26.8 Å². The van der Waals surface area contributed by atoms with Crippen molar-refractivity contribution >= 4 is 35.3 Å². The van der Waals surface area contributed by atoms with Gasteiger partial charge in [0.25, 0.3) is 5.56 Å². The summed E-state index contributed by atoms with van der Waals surface area (Å²) in [4.78, 5) is 54.5. The summed E-state index contributed by atoms with van der Waals surface area (Å²) in [5, 5.41) is 0. The van der Waals surface area contributed by atoms with E-state index in [1.807, 2.05) is 0 Å². The number of thiazole rings is 1. The van der Waals surface area contributed by atoms with Crippen LogP contribution in [0.25, 0.3) is 6.08 Å². The van der Waals surface area contributed by atoms with Crippen molar-refractivity contribution in [1.29, 1.82) is 0 Å². The quantitative estimate of drug-likeness (QED) is 0.347. The standard InChI is InChI=1S/C27H24N2O8S/c1-14-23(26(33)35-5)24(17-6-9-19(34-4)10-7-17)29-25(32)22(38-27(29)28-14)12-18-8-11-20(36-15(2)30)13-21(18)37-16(3)31/h6-13,24H,1-5H3/b22-12+. The van der Waals surface area contributed by atoms with Crippen molar-refractivity contribution in [2.24, 2.45) is 4.99 Å². The number of hydrogen-bond donors (Lipinski definition) is 0. The van der Waals surface area contributed by atoms with E-state index < -0.39 is 29.5 Å². The van der Waals surface area contributed by atoms with Crippen molar-refractivity contribution in [3.63, 3.8) is 0 Å². The summed E-state index contributed by atoms with van der Waals surface area (Å²) >= 11 is 1.12. The summed E-state index contributed by atoms with van der Waals surface area (Å²) in [6.07, 6.45) is 1.56. The Balaban J connectivity index is 1.92. The van der Waals surface area contributed by atoms with Crippen LogP contribution in [0.2, 0.25) is 0 Å². The number of carbonyl (C=O) groups is 3. The molecule has 2 aromatic carbocycles. The number of allylic oxidation sites excluding steroid dienone is 1. The lowest BCUT2D eigenvalue weighted by Gasteiger charge is -2.24. The Morgan fingerprint density at radius 2 is 1.63 bits per heavy atom. The zero-order valence-corrected chi connectivity index (χ0v) is 22.1. The fourth-order valence-corrected chi connectivity index (χ4v) is 5.08. The first kappa shape index (κ1) is 26.6. The fraction of sp³-hybridized carbons (Fsp3) is 0.222. The highest BCUT2D eigenvalue weighted by atomic mass is 32.1. The van der Waals surface area contributed by atoms with E-state index in [0.717, 1.165) is 11.3 Å². The summed E-state index contributed by atoms with van der Waals surface area (Å²) in [5.41, 5.74) is 1.34. The van der Waals surface area contributed by atoms with Crippen LogP contribution < -0.4 is 29.1 Å². The number of nitrogens with zero attached hydrogens (tertiary/aromatic N) is 2. The van der Waals surface area contributed by atoms with E-state index in [-0.39, 0.29) is 21.6 Å². The van der Waals surface area contributed by atoms with Gasteiger partial charge in [0.2, 0.25) is 0 Å². The molecule has 3 aromatic rings. The van der Waals surface area contributed by atoms with Gasteiger partial charge in [-0.3, -0.25) is 19.0 Å². The minimum Gasteiger partial charge on any atom is -0.497 e. The van der Waals surface area contributed by atoms with Crippen LogP contribution in [-0.2, 0) is 19.1 Å². The molecule has 0 N–H and O–H groups in total. The third-order valence-electron chi connectivity index (χ3n) is 5.65. The number of hydrogen-bond acceptors (Lipinski definition) is 10. The largest absolute Gasteiger partial charge is 0.497 e. The smallest absolute Gasteiger partial charge is 0.338 e. The maximum atomic E-state index is 13.7. The molecule has 0 aliphatic carbocycles. The molecule has 196 valence electrons. The molecule has 0 saturated carbocycles. The molecule has 0 amide bonds. The maximum absolute atomic E-state index is 13.7. The van der Waals surface area contributed by atoms with Crippen LogP contribution in [0.3, 0.4) is 0 Å². The van der Waals surface area contributed by atoms with Gasteiger partial charge < -0.3 is 18.9 Å². The van der Waals surface area contributed by atoms with E-state index in [0.29, 0.717) is 27.4 Å². The maximum Gasteiger partial charge on any atom is 0.338 e. The molecule has 1 aliphatic heterocycles. The molecule has 0 spiro atoms. The van der Waals surface area contributed by atoms with Crippen LogP contribution in [-0.4, -0.2) is 36.7 Å². The first-order chi connectivity index (χ1) is 18.1. The van der Waals surface area contributed by atoms with Gasteiger partial charge in [0.1, 0.15) is 17.2 Å². The Morgan fingerprint density at radius 1 is 0.974 bits per heavy atom. The molecule has 1 aromatic heterocycles. The predicted octanol–water partition coefficient (Wildman–Crippen LogP) is 2.27. The summed E-state index contributed by atoms with van der Waals surface area (Å²) < 4.78 is 22.4. The Hall–Kier alpha value is -4.51. The molecule has 1 atom stereocenters. The van der Waals surface area contributed by atoms with Crippen LogP contribution in [0.1, 0.15) is 37.9 Å². The normalized spacial score (nSPS) is 14.9. The number of methoxy groups -OCH3 is 2.